The molecule has 4 nitrogen and oxygen atoms in total. The van der Waals surface area contributed by atoms with E-state index in [9.17, 15) is 12.8 Å². The molecule has 21 heavy (non-hydrogen) atoms. The van der Waals surface area contributed by atoms with Crippen LogP contribution in [0.1, 0.15) is 11.1 Å². The largest absolute Gasteiger partial charge is 0.398 e. The average Bonchev–Trinajstić information content (AvgIpc) is 2.39. The molecule has 2 aromatic carbocycles. The van der Waals surface area contributed by atoms with Crippen molar-refractivity contribution in [2.24, 2.45) is 0 Å². The van der Waals surface area contributed by atoms with E-state index in [0.717, 1.165) is 11.6 Å². The van der Waals surface area contributed by atoms with E-state index in [1.54, 1.807) is 25.1 Å². The average molecular weight is 329 g/mol. The molecule has 0 unspecified atom stereocenters. The van der Waals surface area contributed by atoms with Gasteiger partial charge in [-0.25, -0.2) is 12.8 Å². The minimum Gasteiger partial charge on any atom is -0.398 e. The smallest absolute Gasteiger partial charge is 0.262 e. The van der Waals surface area contributed by atoms with E-state index >= 15 is 0 Å². The molecule has 0 saturated carbocycles. The molecule has 0 saturated heterocycles. The normalized spacial score (nSPS) is 11.4. The predicted molar refractivity (Wildman–Crippen MR) is 82.5 cm³/mol. The number of anilines is 2. The van der Waals surface area contributed by atoms with Gasteiger partial charge in [0.05, 0.1) is 15.6 Å². The van der Waals surface area contributed by atoms with Crippen LogP contribution < -0.4 is 10.5 Å². The van der Waals surface area contributed by atoms with Crippen molar-refractivity contribution in [2.75, 3.05) is 10.5 Å². The maximum atomic E-state index is 13.7. The van der Waals surface area contributed by atoms with Gasteiger partial charge >= 0.3 is 0 Å². The molecule has 0 heterocycles. The molecule has 0 aliphatic rings. The van der Waals surface area contributed by atoms with E-state index < -0.39 is 15.8 Å². The van der Waals surface area contributed by atoms with Crippen LogP contribution in [0.3, 0.4) is 0 Å². The summed E-state index contributed by atoms with van der Waals surface area (Å²) in [6, 6.07) is 7.07. The van der Waals surface area contributed by atoms with Crippen LogP contribution in [0.2, 0.25) is 5.02 Å². The summed E-state index contributed by atoms with van der Waals surface area (Å²) >= 11 is 5.95. The Labute approximate surface area is 127 Å². The molecular formula is C14H14ClFN2O2S. The topological polar surface area (TPSA) is 72.2 Å². The molecule has 0 aliphatic heterocycles. The minimum absolute atomic E-state index is 0.0747. The quantitative estimate of drug-likeness (QED) is 0.847. The lowest BCUT2D eigenvalue weighted by atomic mass is 10.2. The van der Waals surface area contributed by atoms with E-state index in [1.807, 2.05) is 0 Å². The van der Waals surface area contributed by atoms with Crippen molar-refractivity contribution in [2.45, 2.75) is 18.7 Å². The predicted octanol–water partition coefficient (Wildman–Crippen LogP) is 3.48. The van der Waals surface area contributed by atoms with Crippen LogP contribution in [0.4, 0.5) is 15.8 Å². The summed E-state index contributed by atoms with van der Waals surface area (Å²) in [5.74, 6) is -0.675. The standard InChI is InChI=1S/C14H14ClFN2O2S/c1-8-3-4-11(15)14(5-8)18-21(19,20)10-6-12(16)9(2)13(17)7-10/h3-7,18H,17H2,1-2H3. The third-order valence-electron chi connectivity index (χ3n) is 3.03. The van der Waals surface area contributed by atoms with Crippen molar-refractivity contribution >= 4 is 33.0 Å². The van der Waals surface area contributed by atoms with E-state index in [1.165, 1.54) is 13.0 Å². The molecule has 0 radical (unpaired) electrons. The lowest BCUT2D eigenvalue weighted by molar-refractivity contribution is 0.593. The number of rotatable bonds is 3. The Balaban J connectivity index is 2.46. The van der Waals surface area contributed by atoms with Gasteiger partial charge in [-0.3, -0.25) is 4.72 Å². The van der Waals surface area contributed by atoms with E-state index in [4.69, 9.17) is 17.3 Å². The Hall–Kier alpha value is -1.79. The van der Waals surface area contributed by atoms with Crippen LogP contribution in [0.25, 0.3) is 0 Å². The Morgan fingerprint density at radius 3 is 2.48 bits per heavy atom. The number of aryl methyl sites for hydroxylation is 1. The van der Waals surface area contributed by atoms with Crippen molar-refractivity contribution in [1.29, 1.82) is 0 Å². The molecule has 0 bridgehead atoms. The molecule has 2 aromatic rings. The first-order chi connectivity index (χ1) is 9.70. The number of hydrogen-bond donors (Lipinski definition) is 2. The lowest BCUT2D eigenvalue weighted by Gasteiger charge is -2.12. The summed E-state index contributed by atoms with van der Waals surface area (Å²) in [4.78, 5) is -0.249. The molecule has 7 heteroatoms. The first-order valence-corrected chi connectivity index (χ1v) is 7.91. The van der Waals surface area contributed by atoms with Gasteiger partial charge in [-0.05, 0) is 43.7 Å². The zero-order valence-electron chi connectivity index (χ0n) is 11.4. The lowest BCUT2D eigenvalue weighted by Crippen LogP contribution is -2.14. The number of sulfonamides is 1. The molecule has 0 aromatic heterocycles. The van der Waals surface area contributed by atoms with Crippen molar-refractivity contribution in [1.82, 2.24) is 0 Å². The van der Waals surface area contributed by atoms with E-state index in [0.29, 0.717) is 0 Å². The number of nitrogens with two attached hydrogens (primary N) is 1. The number of nitrogen functional groups attached to an aromatic ring is 1. The summed E-state index contributed by atoms with van der Waals surface area (Å²) in [7, 11) is -3.97. The first kappa shape index (κ1) is 15.6. The molecule has 0 aliphatic carbocycles. The Bertz CT molecular complexity index is 784. The van der Waals surface area contributed by atoms with Gasteiger partial charge in [0.25, 0.3) is 10.0 Å². The van der Waals surface area contributed by atoms with Gasteiger partial charge in [0.15, 0.2) is 0 Å². The molecule has 0 atom stereocenters. The zero-order chi connectivity index (χ0) is 15.8. The maximum absolute atomic E-state index is 13.7. The third-order valence-corrected chi connectivity index (χ3v) is 4.71. The van der Waals surface area contributed by atoms with E-state index in [2.05, 4.69) is 4.72 Å². The van der Waals surface area contributed by atoms with Crippen molar-refractivity contribution in [3.63, 3.8) is 0 Å². The molecular weight excluding hydrogens is 315 g/mol. The summed E-state index contributed by atoms with van der Waals surface area (Å²) in [5, 5.41) is 0.254. The minimum atomic E-state index is -3.97. The van der Waals surface area contributed by atoms with Crippen LogP contribution in [0.5, 0.6) is 0 Å². The first-order valence-electron chi connectivity index (χ1n) is 6.05. The number of benzene rings is 2. The Morgan fingerprint density at radius 1 is 1.19 bits per heavy atom. The summed E-state index contributed by atoms with van der Waals surface area (Å²) in [6.07, 6.45) is 0. The molecule has 112 valence electrons. The van der Waals surface area contributed by atoms with Crippen LogP contribution in [0, 0.1) is 19.7 Å². The molecule has 0 fully saturated rings. The number of halogens is 2. The Kier molecular flexibility index (Phi) is 4.11. The summed E-state index contributed by atoms with van der Waals surface area (Å²) < 4.78 is 40.6. The highest BCUT2D eigenvalue weighted by atomic mass is 35.5. The highest BCUT2D eigenvalue weighted by Gasteiger charge is 2.18. The van der Waals surface area contributed by atoms with Gasteiger partial charge < -0.3 is 5.73 Å². The van der Waals surface area contributed by atoms with Crippen LogP contribution in [-0.2, 0) is 10.0 Å². The van der Waals surface area contributed by atoms with Crippen LogP contribution in [-0.4, -0.2) is 8.42 Å². The van der Waals surface area contributed by atoms with Gasteiger partial charge in [-0.2, -0.15) is 0 Å². The van der Waals surface area contributed by atoms with Crippen LogP contribution in [0.15, 0.2) is 35.2 Å². The maximum Gasteiger partial charge on any atom is 0.262 e. The van der Waals surface area contributed by atoms with Gasteiger partial charge in [-0.15, -0.1) is 0 Å². The number of nitrogens with one attached hydrogen (secondary N) is 1. The fraction of sp³-hybridized carbons (Fsp3) is 0.143. The monoisotopic (exact) mass is 328 g/mol. The molecule has 3 N–H and O–H groups in total. The second-order valence-corrected chi connectivity index (χ2v) is 6.80. The second-order valence-electron chi connectivity index (χ2n) is 4.71. The SMILES string of the molecule is Cc1ccc(Cl)c(NS(=O)(=O)c2cc(N)c(C)c(F)c2)c1. The number of hydrogen-bond acceptors (Lipinski definition) is 3. The van der Waals surface area contributed by atoms with Crippen molar-refractivity contribution < 1.29 is 12.8 Å². The fourth-order valence-corrected chi connectivity index (χ4v) is 3.09. The van der Waals surface area contributed by atoms with Crippen LogP contribution >= 0.6 is 11.6 Å². The van der Waals surface area contributed by atoms with Gasteiger partial charge in [0, 0.05) is 11.3 Å². The highest BCUT2D eigenvalue weighted by Crippen LogP contribution is 2.27. The molecule has 2 rings (SSSR count). The van der Waals surface area contributed by atoms with E-state index in [-0.39, 0.29) is 26.9 Å². The van der Waals surface area contributed by atoms with Crippen molar-refractivity contribution in [3.8, 4) is 0 Å². The van der Waals surface area contributed by atoms with Gasteiger partial charge in [-0.1, -0.05) is 17.7 Å². The Morgan fingerprint density at radius 2 is 1.86 bits per heavy atom. The molecule has 0 amide bonds. The summed E-state index contributed by atoms with van der Waals surface area (Å²) in [5.41, 5.74) is 6.96. The zero-order valence-corrected chi connectivity index (χ0v) is 13.0. The van der Waals surface area contributed by atoms with Crippen molar-refractivity contribution in [3.05, 3.63) is 52.3 Å². The summed E-state index contributed by atoms with van der Waals surface area (Å²) in [6.45, 7) is 3.28. The highest BCUT2D eigenvalue weighted by molar-refractivity contribution is 7.92. The fourth-order valence-electron chi connectivity index (χ4n) is 1.75. The molecule has 0 spiro atoms. The van der Waals surface area contributed by atoms with Gasteiger partial charge in [0.2, 0.25) is 0 Å². The third kappa shape index (κ3) is 3.28. The van der Waals surface area contributed by atoms with Gasteiger partial charge in [0.1, 0.15) is 5.82 Å². The second kappa shape index (κ2) is 5.54.